The highest BCUT2D eigenvalue weighted by Crippen LogP contribution is 2.51. The Hall–Kier alpha value is 0.270. The fourth-order valence-electron chi connectivity index (χ4n) is 13.5. The number of alkyl halides is 5. The second-order valence-corrected chi connectivity index (χ2v) is 37.1. The smallest absolute Gasteiger partial charge is 0.356 e. The zero-order valence-electron chi connectivity index (χ0n) is 75.8. The summed E-state index contributed by atoms with van der Waals surface area (Å²) >= 11 is 3.45. The minimum absolute atomic E-state index is 0.0155. The van der Waals surface area contributed by atoms with Crippen molar-refractivity contribution >= 4 is 46.8 Å². The third kappa shape index (κ3) is 114. The Morgan fingerprint density at radius 1 is 0.350 bits per heavy atom. The van der Waals surface area contributed by atoms with E-state index in [0.717, 1.165) is 108 Å². The summed E-state index contributed by atoms with van der Waals surface area (Å²) in [5.41, 5.74) is 0. The van der Waals surface area contributed by atoms with Gasteiger partial charge in [-0.2, -0.15) is 0 Å². The molecule has 0 saturated carbocycles. The molecule has 5 N–H and O–H groups in total. The lowest BCUT2D eigenvalue weighted by molar-refractivity contribution is 0.00384. The Kier molecular flexibility index (Phi) is 119. The molecule has 1 heterocycles. The van der Waals surface area contributed by atoms with Gasteiger partial charge < -0.3 is 62.6 Å². The van der Waals surface area contributed by atoms with E-state index in [9.17, 15) is 31.6 Å². The van der Waals surface area contributed by atoms with E-state index in [0.29, 0.717) is 65.4 Å². The molecule has 0 amide bonds. The predicted molar refractivity (Wildman–Crippen MR) is 493 cm³/mol. The van der Waals surface area contributed by atoms with E-state index in [-0.39, 0.29) is 71.9 Å². The van der Waals surface area contributed by atoms with Crippen LogP contribution in [-0.4, -0.2) is 184 Å². The summed E-state index contributed by atoms with van der Waals surface area (Å²) in [6.07, 6.45) is 83.4. The Balaban J connectivity index is -0.000000703. The van der Waals surface area contributed by atoms with Crippen LogP contribution in [-0.2, 0) is 46.4 Å². The number of halogens is 5. The Morgan fingerprint density at radius 2 is 0.598 bits per heavy atom. The van der Waals surface area contributed by atoms with Crippen molar-refractivity contribution in [3.63, 3.8) is 0 Å². The highest BCUT2D eigenvalue weighted by atomic mass is 79.9. The van der Waals surface area contributed by atoms with Crippen molar-refractivity contribution in [3.8, 4) is 0 Å². The van der Waals surface area contributed by atoms with E-state index >= 15 is 0 Å². The van der Waals surface area contributed by atoms with Gasteiger partial charge in [-0.25, -0.2) is 0 Å². The lowest BCUT2D eigenvalue weighted by Crippen LogP contribution is -2.26. The van der Waals surface area contributed by atoms with Crippen LogP contribution in [0.5, 0.6) is 0 Å². The van der Waals surface area contributed by atoms with Crippen molar-refractivity contribution in [3.05, 3.63) is 0 Å². The molecule has 15 nitrogen and oxygen atoms in total. The van der Waals surface area contributed by atoms with Gasteiger partial charge in [0.1, 0.15) is 12.7 Å². The van der Waals surface area contributed by atoms with Crippen LogP contribution in [0.4, 0.5) is 17.6 Å². The van der Waals surface area contributed by atoms with E-state index in [2.05, 4.69) is 15.9 Å². The van der Waals surface area contributed by atoms with Crippen molar-refractivity contribution in [2.75, 3.05) is 131 Å². The first-order valence-electron chi connectivity index (χ1n) is 48.9. The van der Waals surface area contributed by atoms with Crippen molar-refractivity contribution in [2.24, 2.45) is 0 Å². The summed E-state index contributed by atoms with van der Waals surface area (Å²) < 4.78 is 114. The molecule has 0 aromatic carbocycles. The van der Waals surface area contributed by atoms with Gasteiger partial charge in [0.05, 0.1) is 81.0 Å². The molecule has 2 unspecified atom stereocenters. The normalized spacial score (nSPS) is 14.7. The molecule has 4 radical (unpaired) electrons. The van der Waals surface area contributed by atoms with Crippen LogP contribution < -0.4 is 0 Å². The van der Waals surface area contributed by atoms with Crippen LogP contribution in [0.3, 0.4) is 0 Å². The van der Waals surface area contributed by atoms with Crippen LogP contribution in [0.2, 0.25) is 12.6 Å². The summed E-state index contributed by atoms with van der Waals surface area (Å²) in [4.78, 5) is 9.64. The van der Waals surface area contributed by atoms with E-state index in [1.807, 2.05) is 0 Å². The highest BCUT2D eigenvalue weighted by Gasteiger charge is 2.32. The van der Waals surface area contributed by atoms with Crippen molar-refractivity contribution in [1.29, 1.82) is 0 Å². The average molecular weight is 1790 g/mol. The number of aliphatic hydroxyl groups excluding tert-OH is 4. The molecule has 0 aliphatic carbocycles. The van der Waals surface area contributed by atoms with Gasteiger partial charge in [-0.1, -0.05) is 388 Å². The van der Waals surface area contributed by atoms with Crippen molar-refractivity contribution in [1.82, 2.24) is 0 Å². The van der Waals surface area contributed by atoms with Crippen molar-refractivity contribution < 1.29 is 89.3 Å². The van der Waals surface area contributed by atoms with E-state index in [1.165, 1.54) is 340 Å². The van der Waals surface area contributed by atoms with E-state index < -0.39 is 27.6 Å². The Bertz CT molecular complexity index is 1790. The Morgan fingerprint density at radius 3 is 0.838 bits per heavy atom. The van der Waals surface area contributed by atoms with Gasteiger partial charge in [-0.3, -0.25) is 26.7 Å². The molecule has 117 heavy (non-hydrogen) atoms. The molecule has 0 aromatic rings. The largest absolute Gasteiger partial charge is 0.396 e. The van der Waals surface area contributed by atoms with Crippen LogP contribution in [0, 0.1) is 0 Å². The maximum Gasteiger partial charge on any atom is 0.356 e. The van der Waals surface area contributed by atoms with Gasteiger partial charge in [-0.15, -0.1) is 0 Å². The molecular weight excluding hydrogens is 1600 g/mol. The first-order valence-corrected chi connectivity index (χ1v) is 53.6. The molecule has 4 atom stereocenters. The monoisotopic (exact) mass is 1790 g/mol. The molecule has 1 aliphatic rings. The number of aliphatic hydroxyl groups is 4. The van der Waals surface area contributed by atoms with Gasteiger partial charge in [0.2, 0.25) is 0 Å². The highest BCUT2D eigenvalue weighted by molar-refractivity contribution is 9.09. The predicted octanol–water partition coefficient (Wildman–Crippen LogP) is 28.4. The summed E-state index contributed by atoms with van der Waals surface area (Å²) in [5, 5.41) is 35.9. The summed E-state index contributed by atoms with van der Waals surface area (Å²) in [6.45, 7) is 4.92. The zero-order chi connectivity index (χ0) is 86.2. The fraction of sp³-hybridized carbons (Fsp3) is 1.00. The third-order valence-corrected chi connectivity index (χ3v) is 24.3. The van der Waals surface area contributed by atoms with E-state index in [1.54, 1.807) is 0 Å². The first-order chi connectivity index (χ1) is 57.5. The maximum atomic E-state index is 12.2. The number of hydrogen-bond donors (Lipinski definition) is 5. The van der Waals surface area contributed by atoms with Crippen LogP contribution in [0.25, 0.3) is 0 Å². The number of hydrogen-bond acceptors (Lipinski definition) is 14. The SMILES string of the molecule is OCCCCCCCCCCCCBr.OCCCCCCCCCCCCCCCCF.OCCCOCCCCCCCCCCCCCCCCF.[B]C[C@@H](CO)OCP(=O)(O)OCCCOCCCCCCCCCCCCCCCCF.[B]C[C@H]1COP(=O)(OCCCOCCCCCCCCCCCCCCCCF)CO1. The van der Waals surface area contributed by atoms with E-state index in [4.69, 9.17) is 73.4 Å². The van der Waals surface area contributed by atoms with Gasteiger partial charge >= 0.3 is 15.2 Å². The third-order valence-electron chi connectivity index (χ3n) is 21.1. The van der Waals surface area contributed by atoms with Gasteiger partial charge in [-0.05, 0) is 83.5 Å². The second-order valence-electron chi connectivity index (χ2n) is 32.5. The topological polar surface area (TPSA) is 209 Å². The molecule has 0 bridgehead atoms. The first kappa shape index (κ1) is 124. The maximum absolute atomic E-state index is 12.2. The number of ether oxygens (including phenoxy) is 5. The minimum atomic E-state index is -3.82. The molecular formula is C93H189B2BrF4O15P2. The number of rotatable bonds is 93. The molecule has 1 aliphatic heterocycles. The molecule has 1 fully saturated rings. The summed E-state index contributed by atoms with van der Waals surface area (Å²) in [6, 6.07) is 0. The lowest BCUT2D eigenvalue weighted by Gasteiger charge is -2.28. The zero-order valence-corrected chi connectivity index (χ0v) is 79.1. The standard InChI is InChI=1S/C23H47BFO6P.C23H45BFO5P.C19H39FO2.C16H33FO.C12H25BrO/c24-20-23(21-26)30-22-32(27,28)31-19-15-18-29-17-14-12-10-8-6-4-2-1-3-5-7-9-11-13-16-25;24-20-23-21-30-31(26,22-28-23)29-19-15-18-27-17-14-12-10-8-6-4-2-1-3-5-7-9-11-13-16-25;20-16-13-11-9-7-5-3-1-2-4-6-8-10-12-14-18-22-19-15-17-21;17-15-13-11-9-7-5-3-1-2-4-6-8-10-12-14-16-18;13-11-9-7-5-3-1-2-4-6-8-10-12-14/h23,26H,1-22H2,(H,27,28);23H,1-22H2;21H,1-19H2;18H,1-16H2;14H,1-12H2/t23-;23-,31?;;;/m00.../s1. The molecule has 702 valence electrons. The fourth-order valence-corrected chi connectivity index (χ4v) is 16.2. The number of unbranched alkanes of at least 4 members (excludes halogenated alkanes) is 61. The summed E-state index contributed by atoms with van der Waals surface area (Å²) in [5.74, 6) is 0. The molecule has 0 spiro atoms. The molecule has 0 aromatic heterocycles. The lowest BCUT2D eigenvalue weighted by atomic mass is 10.0. The van der Waals surface area contributed by atoms with Gasteiger partial charge in [0.15, 0.2) is 0 Å². The minimum Gasteiger partial charge on any atom is -0.396 e. The second kappa shape index (κ2) is 112. The van der Waals surface area contributed by atoms with Gasteiger partial charge in [0, 0.05) is 64.8 Å². The van der Waals surface area contributed by atoms with Gasteiger partial charge in [0.25, 0.3) is 0 Å². The van der Waals surface area contributed by atoms with Crippen molar-refractivity contribution in [2.45, 2.75) is 468 Å². The molecule has 24 heteroatoms. The average Bonchev–Trinajstić information content (AvgIpc) is 0.850. The molecule has 1 saturated heterocycles. The Labute approximate surface area is 730 Å². The summed E-state index contributed by atoms with van der Waals surface area (Å²) in [7, 11) is 3.91. The quantitative estimate of drug-likeness (QED) is 0.0126. The van der Waals surface area contributed by atoms with Crippen LogP contribution in [0.1, 0.15) is 443 Å². The van der Waals surface area contributed by atoms with Crippen LogP contribution >= 0.6 is 31.1 Å². The van der Waals surface area contributed by atoms with Crippen LogP contribution in [0.15, 0.2) is 0 Å². The molecule has 1 rings (SSSR count).